The lowest BCUT2D eigenvalue weighted by molar-refractivity contribution is -0.145. The lowest BCUT2D eigenvalue weighted by Gasteiger charge is -2.23. The fourth-order valence-electron chi connectivity index (χ4n) is 4.01. The van der Waals surface area contributed by atoms with Gasteiger partial charge in [-0.1, -0.05) is 30.3 Å². The molecule has 1 atom stereocenters. The molecule has 6 nitrogen and oxygen atoms in total. The topological polar surface area (TPSA) is 61.1 Å². The molecule has 4 aromatic rings. The van der Waals surface area contributed by atoms with Gasteiger partial charge in [0.1, 0.15) is 5.60 Å². The average Bonchev–Trinajstić information content (AvgIpc) is 3.33. The van der Waals surface area contributed by atoms with Gasteiger partial charge in [0.15, 0.2) is 6.04 Å². The van der Waals surface area contributed by atoms with Crippen molar-refractivity contribution in [3.05, 3.63) is 72.1 Å². The van der Waals surface area contributed by atoms with Crippen LogP contribution in [0.2, 0.25) is 0 Å². The molecule has 4 rings (SSSR count). The first-order valence-corrected chi connectivity index (χ1v) is 11.1. The Morgan fingerprint density at radius 2 is 1.77 bits per heavy atom. The molecule has 1 unspecified atom stereocenters. The summed E-state index contributed by atoms with van der Waals surface area (Å²) in [6, 6.07) is 13.6. The number of rotatable bonds is 4. The number of ether oxygens (including phenoxy) is 1. The molecule has 184 valence electrons. The van der Waals surface area contributed by atoms with Crippen LogP contribution in [0, 0.1) is 6.92 Å². The van der Waals surface area contributed by atoms with E-state index in [9.17, 15) is 18.0 Å². The zero-order chi connectivity index (χ0) is 25.5. The summed E-state index contributed by atoms with van der Waals surface area (Å²) in [5, 5.41) is 7.15. The van der Waals surface area contributed by atoms with Gasteiger partial charge < -0.3 is 10.1 Å². The van der Waals surface area contributed by atoms with Crippen molar-refractivity contribution in [2.75, 3.05) is 5.32 Å². The lowest BCUT2D eigenvalue weighted by Crippen LogP contribution is -2.30. The summed E-state index contributed by atoms with van der Waals surface area (Å²) in [6.07, 6.45) is -3.86. The van der Waals surface area contributed by atoms with Crippen molar-refractivity contribution < 1.29 is 22.7 Å². The van der Waals surface area contributed by atoms with Crippen LogP contribution in [0.4, 0.5) is 23.7 Å². The number of carbonyl (C=O) groups is 1. The third-order valence-electron chi connectivity index (χ3n) is 5.59. The minimum absolute atomic E-state index is 0.0271. The molecule has 0 saturated carbocycles. The highest BCUT2D eigenvalue weighted by Crippen LogP contribution is 2.37. The number of fused-ring (bicyclic) bond motifs is 1. The van der Waals surface area contributed by atoms with E-state index in [-0.39, 0.29) is 11.4 Å². The Bertz CT molecular complexity index is 1380. The summed E-state index contributed by atoms with van der Waals surface area (Å²) in [6.45, 7) is 7.22. The van der Waals surface area contributed by atoms with E-state index in [1.807, 2.05) is 37.3 Å². The summed E-state index contributed by atoms with van der Waals surface area (Å²) in [5.74, 6) is 0. The van der Waals surface area contributed by atoms with Gasteiger partial charge in [-0.15, -0.1) is 0 Å². The summed E-state index contributed by atoms with van der Waals surface area (Å²) in [4.78, 5) is 13.3. The van der Waals surface area contributed by atoms with Gasteiger partial charge in [0.2, 0.25) is 0 Å². The van der Waals surface area contributed by atoms with Gasteiger partial charge in [0.05, 0.1) is 16.9 Å². The minimum atomic E-state index is -4.57. The summed E-state index contributed by atoms with van der Waals surface area (Å²) in [5.41, 5.74) is 2.24. The molecule has 2 heterocycles. The van der Waals surface area contributed by atoms with E-state index >= 15 is 0 Å². The van der Waals surface area contributed by atoms with Gasteiger partial charge in [0.25, 0.3) is 0 Å². The molecule has 0 saturated heterocycles. The van der Waals surface area contributed by atoms with E-state index in [0.717, 1.165) is 11.1 Å². The van der Waals surface area contributed by atoms with Crippen molar-refractivity contribution >= 4 is 22.7 Å². The Morgan fingerprint density at radius 3 is 2.37 bits per heavy atom. The maximum absolute atomic E-state index is 13.9. The van der Waals surface area contributed by atoms with Crippen LogP contribution in [-0.4, -0.2) is 32.2 Å². The number of hydrogen-bond donors (Lipinski definition) is 1. The molecule has 0 amide bonds. The second-order valence-corrected chi connectivity index (χ2v) is 9.43. The summed E-state index contributed by atoms with van der Waals surface area (Å²) >= 11 is 0. The number of benzene rings is 2. The van der Waals surface area contributed by atoms with E-state index in [1.54, 1.807) is 32.9 Å². The van der Waals surface area contributed by atoms with Gasteiger partial charge >= 0.3 is 12.3 Å². The first-order valence-electron chi connectivity index (χ1n) is 11.1. The molecule has 0 aliphatic carbocycles. The molecular formula is C26H27F3N4O2. The second kappa shape index (κ2) is 8.79. The first kappa shape index (κ1) is 24.4. The third-order valence-corrected chi connectivity index (χ3v) is 5.59. The van der Waals surface area contributed by atoms with Crippen LogP contribution in [0.25, 0.3) is 22.2 Å². The molecule has 0 aliphatic heterocycles. The summed E-state index contributed by atoms with van der Waals surface area (Å²) in [7, 11) is 1.46. The van der Waals surface area contributed by atoms with Crippen molar-refractivity contribution in [3.8, 4) is 11.3 Å². The van der Waals surface area contributed by atoms with Crippen LogP contribution in [0.15, 0.2) is 60.8 Å². The molecule has 0 radical (unpaired) electrons. The van der Waals surface area contributed by atoms with Gasteiger partial charge in [0, 0.05) is 29.9 Å². The predicted octanol–water partition coefficient (Wildman–Crippen LogP) is 6.85. The Labute approximate surface area is 201 Å². The Morgan fingerprint density at radius 1 is 1.06 bits per heavy atom. The fourth-order valence-corrected chi connectivity index (χ4v) is 4.01. The predicted molar refractivity (Wildman–Crippen MR) is 129 cm³/mol. The van der Waals surface area contributed by atoms with Crippen molar-refractivity contribution in [3.63, 3.8) is 0 Å². The zero-order valence-corrected chi connectivity index (χ0v) is 20.1. The van der Waals surface area contributed by atoms with Crippen LogP contribution in [-0.2, 0) is 11.8 Å². The van der Waals surface area contributed by atoms with Gasteiger partial charge in [-0.2, -0.15) is 18.3 Å². The second-order valence-electron chi connectivity index (χ2n) is 9.43. The number of anilines is 1. The number of aromatic nitrogens is 3. The Balaban J connectivity index is 1.86. The monoisotopic (exact) mass is 484 g/mol. The van der Waals surface area contributed by atoms with Crippen LogP contribution < -0.4 is 5.32 Å². The largest absolute Gasteiger partial charge is 0.443 e. The SMILES string of the molecule is Cc1ccccc1-c1cc2ccc(NC(c3ccnn3C)C(F)(F)F)cc2n1C(=O)OC(C)(C)C. The number of nitrogens with zero attached hydrogens (tertiary/aromatic N) is 3. The van der Waals surface area contributed by atoms with Crippen LogP contribution in [0.5, 0.6) is 0 Å². The quantitative estimate of drug-likeness (QED) is 0.344. The van der Waals surface area contributed by atoms with Gasteiger partial charge in [-0.3, -0.25) is 4.68 Å². The molecule has 2 aromatic carbocycles. The van der Waals surface area contributed by atoms with E-state index in [1.165, 1.54) is 34.6 Å². The molecule has 0 aliphatic rings. The minimum Gasteiger partial charge on any atom is -0.443 e. The molecule has 35 heavy (non-hydrogen) atoms. The third kappa shape index (κ3) is 5.03. The Kier molecular flexibility index (Phi) is 6.12. The smallest absolute Gasteiger partial charge is 0.419 e. The standard InChI is InChI=1S/C26H27F3N4O2/c1-16-8-6-7-9-19(16)22-14-17-10-11-18(15-21(17)33(22)24(34)35-25(2,3)4)31-23(26(27,28)29)20-12-13-30-32(20)5/h6-15,23,31H,1-5H3. The number of carbonyl (C=O) groups excluding carboxylic acids is 1. The van der Waals surface area contributed by atoms with Crippen molar-refractivity contribution in [2.45, 2.75) is 45.5 Å². The molecule has 9 heteroatoms. The van der Waals surface area contributed by atoms with E-state index in [4.69, 9.17) is 4.74 Å². The number of nitrogens with one attached hydrogen (secondary N) is 1. The van der Waals surface area contributed by atoms with Crippen LogP contribution in [0.3, 0.4) is 0 Å². The number of aryl methyl sites for hydroxylation is 2. The number of alkyl halides is 3. The summed E-state index contributed by atoms with van der Waals surface area (Å²) < 4.78 is 50.1. The van der Waals surface area contributed by atoms with E-state index < -0.39 is 23.9 Å². The molecular weight excluding hydrogens is 457 g/mol. The fraction of sp³-hybridized carbons (Fsp3) is 0.308. The lowest BCUT2D eigenvalue weighted by atomic mass is 10.1. The van der Waals surface area contributed by atoms with Crippen LogP contribution in [0.1, 0.15) is 38.1 Å². The maximum atomic E-state index is 13.9. The highest BCUT2D eigenvalue weighted by atomic mass is 19.4. The molecule has 0 bridgehead atoms. The van der Waals surface area contributed by atoms with Crippen molar-refractivity contribution in [1.29, 1.82) is 0 Å². The molecule has 2 aromatic heterocycles. The van der Waals surface area contributed by atoms with Crippen LogP contribution >= 0.6 is 0 Å². The maximum Gasteiger partial charge on any atom is 0.419 e. The molecule has 0 fully saturated rings. The van der Waals surface area contributed by atoms with E-state index in [0.29, 0.717) is 16.6 Å². The van der Waals surface area contributed by atoms with Gasteiger partial charge in [-0.05, 0) is 57.5 Å². The first-order chi connectivity index (χ1) is 16.3. The number of halogens is 3. The molecule has 0 spiro atoms. The van der Waals surface area contributed by atoms with E-state index in [2.05, 4.69) is 10.4 Å². The van der Waals surface area contributed by atoms with Crippen molar-refractivity contribution in [1.82, 2.24) is 14.3 Å². The zero-order valence-electron chi connectivity index (χ0n) is 20.1. The average molecular weight is 485 g/mol. The Hall–Kier alpha value is -3.75. The van der Waals surface area contributed by atoms with Crippen molar-refractivity contribution in [2.24, 2.45) is 7.05 Å². The highest BCUT2D eigenvalue weighted by Gasteiger charge is 2.42. The highest BCUT2D eigenvalue weighted by molar-refractivity contribution is 5.98. The molecule has 1 N–H and O–H groups in total. The normalized spacial score (nSPS) is 13.1. The number of hydrogen-bond acceptors (Lipinski definition) is 4. The van der Waals surface area contributed by atoms with Gasteiger partial charge in [-0.25, -0.2) is 9.36 Å².